The number of imidazole rings is 1. The number of carbonyl (C=O) groups is 1. The number of aromatic nitrogens is 3. The van der Waals surface area contributed by atoms with Crippen LogP contribution in [0.1, 0.15) is 0 Å². The van der Waals surface area contributed by atoms with Crippen LogP contribution < -0.4 is 16.4 Å². The van der Waals surface area contributed by atoms with Crippen LogP contribution >= 0.6 is 0 Å². The predicted molar refractivity (Wildman–Crippen MR) is 113 cm³/mol. The van der Waals surface area contributed by atoms with Gasteiger partial charge in [0.05, 0.1) is 22.1 Å². The van der Waals surface area contributed by atoms with Crippen molar-refractivity contribution in [3.63, 3.8) is 0 Å². The molecule has 0 saturated carbocycles. The lowest BCUT2D eigenvalue weighted by atomic mass is 10.1. The van der Waals surface area contributed by atoms with Crippen molar-refractivity contribution in [2.45, 2.75) is 6.54 Å². The van der Waals surface area contributed by atoms with Crippen LogP contribution in [-0.4, -0.2) is 20.4 Å². The van der Waals surface area contributed by atoms with Gasteiger partial charge in [-0.05, 0) is 42.5 Å². The normalized spacial score (nSPS) is 11.3. The van der Waals surface area contributed by atoms with Gasteiger partial charge in [-0.25, -0.2) is 4.79 Å². The van der Waals surface area contributed by atoms with Crippen LogP contribution in [-0.2, 0) is 11.3 Å². The van der Waals surface area contributed by atoms with Crippen molar-refractivity contribution in [1.82, 2.24) is 14.5 Å². The summed E-state index contributed by atoms with van der Waals surface area (Å²) < 4.78 is 1.85. The van der Waals surface area contributed by atoms with E-state index in [-0.39, 0.29) is 23.6 Å². The van der Waals surface area contributed by atoms with E-state index in [0.29, 0.717) is 38.5 Å². The van der Waals surface area contributed by atoms with Crippen LogP contribution in [0.5, 0.6) is 0 Å². The summed E-state index contributed by atoms with van der Waals surface area (Å²) in [4.78, 5) is 42.4. The first-order valence-corrected chi connectivity index (χ1v) is 9.12. The molecule has 0 aliphatic heterocycles. The molecule has 5 aromatic rings. The predicted octanol–water partition coefficient (Wildman–Crippen LogP) is 2.96. The van der Waals surface area contributed by atoms with Crippen molar-refractivity contribution in [2.24, 2.45) is 0 Å². The molecule has 2 aromatic heterocycles. The molecule has 7 heteroatoms. The smallest absolute Gasteiger partial charge is 0.323 e. The molecule has 0 unspecified atom stereocenters. The van der Waals surface area contributed by atoms with Gasteiger partial charge in [0.1, 0.15) is 6.54 Å². The number of pyridine rings is 1. The Morgan fingerprint density at radius 2 is 1.45 bits per heavy atom. The van der Waals surface area contributed by atoms with Crippen molar-refractivity contribution in [2.75, 3.05) is 5.32 Å². The zero-order valence-electron chi connectivity index (χ0n) is 15.2. The Kier molecular flexibility index (Phi) is 3.80. The van der Waals surface area contributed by atoms with Gasteiger partial charge in [-0.1, -0.05) is 24.3 Å². The summed E-state index contributed by atoms with van der Waals surface area (Å²) in [5.41, 5.74) is 2.93. The number of hydrogen-bond donors (Lipinski definition) is 3. The number of rotatable bonds is 3. The highest BCUT2D eigenvalue weighted by molar-refractivity contribution is 5.97. The Labute approximate surface area is 163 Å². The number of hydrogen-bond acceptors (Lipinski definition) is 3. The molecule has 7 nitrogen and oxygen atoms in total. The molecule has 142 valence electrons. The highest BCUT2D eigenvalue weighted by Gasteiger charge is 2.13. The van der Waals surface area contributed by atoms with Crippen molar-refractivity contribution in [3.05, 3.63) is 87.4 Å². The van der Waals surface area contributed by atoms with Crippen LogP contribution in [0.3, 0.4) is 0 Å². The molecule has 3 N–H and O–H groups in total. The molecule has 0 radical (unpaired) electrons. The van der Waals surface area contributed by atoms with E-state index in [9.17, 15) is 14.4 Å². The Morgan fingerprint density at radius 1 is 0.828 bits per heavy atom. The maximum Gasteiger partial charge on any atom is 0.323 e. The van der Waals surface area contributed by atoms with Gasteiger partial charge < -0.3 is 19.9 Å². The first kappa shape index (κ1) is 17.0. The van der Waals surface area contributed by atoms with Gasteiger partial charge in [0.15, 0.2) is 5.43 Å². The van der Waals surface area contributed by atoms with Gasteiger partial charge in [0.2, 0.25) is 5.91 Å². The van der Waals surface area contributed by atoms with Crippen molar-refractivity contribution < 1.29 is 4.79 Å². The summed E-state index contributed by atoms with van der Waals surface area (Å²) in [5, 5.41) is 4.01. The number of nitrogens with zero attached hydrogens (tertiary/aromatic N) is 1. The molecule has 0 saturated heterocycles. The Morgan fingerprint density at radius 3 is 2.14 bits per heavy atom. The van der Waals surface area contributed by atoms with Crippen molar-refractivity contribution in [1.29, 1.82) is 0 Å². The van der Waals surface area contributed by atoms with E-state index < -0.39 is 0 Å². The zero-order valence-corrected chi connectivity index (χ0v) is 15.2. The second kappa shape index (κ2) is 6.49. The molecule has 2 heterocycles. The van der Waals surface area contributed by atoms with Crippen LogP contribution in [0.4, 0.5) is 5.69 Å². The van der Waals surface area contributed by atoms with E-state index >= 15 is 0 Å². The lowest BCUT2D eigenvalue weighted by molar-refractivity contribution is -0.116. The fourth-order valence-electron chi connectivity index (χ4n) is 3.70. The molecular formula is C22H16N4O3. The number of para-hydroxylation sites is 2. The number of benzene rings is 3. The lowest BCUT2D eigenvalue weighted by Gasteiger charge is -2.15. The Hall–Kier alpha value is -4.13. The third-order valence-corrected chi connectivity index (χ3v) is 4.98. The van der Waals surface area contributed by atoms with E-state index in [1.807, 2.05) is 41.0 Å². The van der Waals surface area contributed by atoms with E-state index in [2.05, 4.69) is 15.3 Å². The molecule has 5 rings (SSSR count). The largest absolute Gasteiger partial charge is 0.331 e. The number of nitrogens with one attached hydrogen (secondary N) is 3. The number of H-pyrrole nitrogens is 2. The van der Waals surface area contributed by atoms with Gasteiger partial charge in [-0.2, -0.15) is 0 Å². The van der Waals surface area contributed by atoms with E-state index in [4.69, 9.17) is 0 Å². The van der Waals surface area contributed by atoms with Crippen LogP contribution in [0, 0.1) is 0 Å². The minimum Gasteiger partial charge on any atom is -0.331 e. The second-order valence-corrected chi connectivity index (χ2v) is 6.84. The van der Waals surface area contributed by atoms with E-state index in [1.54, 1.807) is 30.3 Å². The first-order chi connectivity index (χ1) is 14.1. The number of amides is 1. The molecular weight excluding hydrogens is 368 g/mol. The molecule has 3 aromatic carbocycles. The molecule has 1 amide bonds. The van der Waals surface area contributed by atoms with Crippen LogP contribution in [0.2, 0.25) is 0 Å². The SMILES string of the molecule is O=C(Cn1c2ccccc2c(=O)c2ccccc21)Nc1ccc2[nH]c(=O)[nH]c2c1. The maximum absolute atomic E-state index is 12.8. The zero-order chi connectivity index (χ0) is 20.0. The highest BCUT2D eigenvalue weighted by Crippen LogP contribution is 2.20. The molecule has 0 aliphatic rings. The van der Waals surface area contributed by atoms with Crippen LogP contribution in [0.25, 0.3) is 32.8 Å². The summed E-state index contributed by atoms with van der Waals surface area (Å²) >= 11 is 0. The fourth-order valence-corrected chi connectivity index (χ4v) is 3.70. The molecule has 0 atom stereocenters. The minimum atomic E-state index is -0.297. The average Bonchev–Trinajstić information content (AvgIpc) is 3.10. The average molecular weight is 384 g/mol. The number of aromatic amines is 2. The number of fused-ring (bicyclic) bond motifs is 3. The number of carbonyl (C=O) groups excluding carboxylic acids is 1. The Bertz CT molecular complexity index is 1460. The monoisotopic (exact) mass is 384 g/mol. The van der Waals surface area contributed by atoms with Crippen molar-refractivity contribution in [3.8, 4) is 0 Å². The highest BCUT2D eigenvalue weighted by atomic mass is 16.2. The quantitative estimate of drug-likeness (QED) is 0.417. The third kappa shape index (κ3) is 2.89. The van der Waals surface area contributed by atoms with Gasteiger partial charge in [0.25, 0.3) is 0 Å². The minimum absolute atomic E-state index is 0.0446. The van der Waals surface area contributed by atoms with Gasteiger partial charge in [-0.15, -0.1) is 0 Å². The second-order valence-electron chi connectivity index (χ2n) is 6.84. The molecule has 0 fully saturated rings. The summed E-state index contributed by atoms with van der Waals surface area (Å²) in [5.74, 6) is -0.235. The fraction of sp³-hybridized carbons (Fsp3) is 0.0455. The topological polar surface area (TPSA) is 99.8 Å². The summed E-state index contributed by atoms with van der Waals surface area (Å²) in [6, 6.07) is 19.7. The standard InChI is InChI=1S/C22H16N4O3/c27-20(23-13-9-10-16-17(11-13)25-22(29)24-16)12-26-18-7-3-1-5-14(18)21(28)15-6-2-4-8-19(15)26/h1-11H,12H2,(H,23,27)(H2,24,25,29). The lowest BCUT2D eigenvalue weighted by Crippen LogP contribution is -2.21. The first-order valence-electron chi connectivity index (χ1n) is 9.12. The molecule has 0 aliphatic carbocycles. The van der Waals surface area contributed by atoms with Gasteiger partial charge in [-0.3, -0.25) is 9.59 Å². The summed E-state index contributed by atoms with van der Waals surface area (Å²) in [6.07, 6.45) is 0. The van der Waals surface area contributed by atoms with Gasteiger partial charge >= 0.3 is 5.69 Å². The molecule has 29 heavy (non-hydrogen) atoms. The van der Waals surface area contributed by atoms with Crippen LogP contribution in [0.15, 0.2) is 76.3 Å². The Balaban J connectivity index is 1.56. The van der Waals surface area contributed by atoms with E-state index in [1.165, 1.54) is 0 Å². The number of anilines is 1. The molecule has 0 bridgehead atoms. The summed E-state index contributed by atoms with van der Waals surface area (Å²) in [6.45, 7) is 0.0446. The third-order valence-electron chi connectivity index (χ3n) is 4.98. The van der Waals surface area contributed by atoms with Crippen molar-refractivity contribution >= 4 is 44.4 Å². The maximum atomic E-state index is 12.8. The molecule has 0 spiro atoms. The summed E-state index contributed by atoms with van der Waals surface area (Å²) in [7, 11) is 0. The van der Waals surface area contributed by atoms with Gasteiger partial charge in [0, 0.05) is 16.5 Å². The van der Waals surface area contributed by atoms with E-state index in [0.717, 1.165) is 0 Å².